The summed E-state index contributed by atoms with van der Waals surface area (Å²) in [6.45, 7) is 11.8. The van der Waals surface area contributed by atoms with E-state index in [1.165, 1.54) is 16.2 Å². The number of thiocarbonyl (C=S) groups is 1. The molecule has 0 spiro atoms. The van der Waals surface area contributed by atoms with Gasteiger partial charge < -0.3 is 9.30 Å². The Morgan fingerprint density at radius 1 is 1.11 bits per heavy atom. The molecule has 2 aromatic heterocycles. The van der Waals surface area contributed by atoms with Crippen molar-refractivity contribution in [1.29, 1.82) is 0 Å². The first kappa shape index (κ1) is 26.5. The highest BCUT2D eigenvalue weighted by Gasteiger charge is 2.35. The van der Waals surface area contributed by atoms with Gasteiger partial charge in [0.2, 0.25) is 0 Å². The zero-order valence-electron chi connectivity index (χ0n) is 21.7. The fourth-order valence-electron chi connectivity index (χ4n) is 4.38. The van der Waals surface area contributed by atoms with E-state index in [1.807, 2.05) is 62.6 Å². The minimum atomic E-state index is -0.545. The van der Waals surface area contributed by atoms with Crippen LogP contribution in [-0.2, 0) is 20.7 Å². The largest absolute Gasteiger partial charge is 0.462 e. The number of rotatable bonds is 6. The van der Waals surface area contributed by atoms with Gasteiger partial charge >= 0.3 is 5.97 Å². The van der Waals surface area contributed by atoms with Crippen LogP contribution in [0.2, 0.25) is 0 Å². The van der Waals surface area contributed by atoms with Gasteiger partial charge in [-0.25, -0.2) is 4.79 Å². The smallest absolute Gasteiger partial charge is 0.341 e. The number of benzene rings is 1. The van der Waals surface area contributed by atoms with Crippen molar-refractivity contribution < 1.29 is 19.1 Å². The summed E-state index contributed by atoms with van der Waals surface area (Å²) >= 11 is 6.84. The lowest BCUT2D eigenvalue weighted by Crippen LogP contribution is -2.54. The Morgan fingerprint density at radius 2 is 1.78 bits per heavy atom. The number of thiophene rings is 1. The zero-order valence-corrected chi connectivity index (χ0v) is 23.4. The lowest BCUT2D eigenvalue weighted by molar-refractivity contribution is -0.122. The van der Waals surface area contributed by atoms with E-state index >= 15 is 0 Å². The van der Waals surface area contributed by atoms with Crippen LogP contribution in [0.3, 0.4) is 0 Å². The number of carbonyl (C=O) groups excluding carboxylic acids is 3. The molecular formula is C28H29N3O4S2. The van der Waals surface area contributed by atoms with Gasteiger partial charge in [-0.2, -0.15) is 0 Å². The Morgan fingerprint density at radius 3 is 2.41 bits per heavy atom. The van der Waals surface area contributed by atoms with E-state index in [0.717, 1.165) is 38.8 Å². The maximum atomic E-state index is 13.5. The lowest BCUT2D eigenvalue weighted by atomic mass is 10.1. The number of hydrogen-bond donors (Lipinski definition) is 1. The van der Waals surface area contributed by atoms with Gasteiger partial charge in [-0.3, -0.25) is 19.8 Å². The lowest BCUT2D eigenvalue weighted by Gasteiger charge is -2.29. The monoisotopic (exact) mass is 535 g/mol. The van der Waals surface area contributed by atoms with Gasteiger partial charge in [0.15, 0.2) is 5.11 Å². The molecule has 37 heavy (non-hydrogen) atoms. The summed E-state index contributed by atoms with van der Waals surface area (Å²) in [6.07, 6.45) is 2.46. The van der Waals surface area contributed by atoms with Crippen LogP contribution in [0.1, 0.15) is 57.2 Å². The summed E-state index contributed by atoms with van der Waals surface area (Å²) in [5.74, 6) is -1.40. The van der Waals surface area contributed by atoms with Gasteiger partial charge in [0.05, 0.1) is 17.9 Å². The molecule has 0 bridgehead atoms. The Bertz CT molecular complexity index is 1460. The number of ether oxygens (including phenoxy) is 1. The molecule has 1 N–H and O–H groups in total. The van der Waals surface area contributed by atoms with Crippen molar-refractivity contribution in [1.82, 2.24) is 9.88 Å². The minimum Gasteiger partial charge on any atom is -0.462 e. The highest BCUT2D eigenvalue weighted by molar-refractivity contribution is 7.80. The second-order valence-electron chi connectivity index (χ2n) is 8.82. The number of hydrogen-bond acceptors (Lipinski definition) is 6. The summed E-state index contributed by atoms with van der Waals surface area (Å²) in [5, 5.41) is 3.44. The first-order valence-electron chi connectivity index (χ1n) is 12.1. The molecule has 3 heterocycles. The Kier molecular flexibility index (Phi) is 7.47. The predicted molar refractivity (Wildman–Crippen MR) is 151 cm³/mol. The Hall–Kier alpha value is -3.56. The van der Waals surface area contributed by atoms with Crippen LogP contribution in [0, 0.1) is 27.7 Å². The molecule has 1 fully saturated rings. The molecule has 3 aromatic rings. The van der Waals surface area contributed by atoms with Crippen LogP contribution in [-0.4, -0.2) is 34.1 Å². The van der Waals surface area contributed by atoms with E-state index in [4.69, 9.17) is 17.0 Å². The van der Waals surface area contributed by atoms with Gasteiger partial charge in [0, 0.05) is 16.3 Å². The Labute approximate surface area is 225 Å². The highest BCUT2D eigenvalue weighted by Crippen LogP contribution is 2.35. The van der Waals surface area contributed by atoms with Crippen molar-refractivity contribution in [2.75, 3.05) is 11.5 Å². The van der Waals surface area contributed by atoms with Gasteiger partial charge in [-0.1, -0.05) is 19.1 Å². The van der Waals surface area contributed by atoms with Gasteiger partial charge in [-0.05, 0) is 94.2 Å². The van der Waals surface area contributed by atoms with E-state index in [1.54, 1.807) is 13.0 Å². The van der Waals surface area contributed by atoms with Crippen LogP contribution in [0.25, 0.3) is 11.1 Å². The molecule has 0 radical (unpaired) electrons. The molecule has 1 aromatic carbocycles. The van der Waals surface area contributed by atoms with Crippen molar-refractivity contribution in [3.63, 3.8) is 0 Å². The number of nitrogens with zero attached hydrogens (tertiary/aromatic N) is 2. The minimum absolute atomic E-state index is 0.0161. The van der Waals surface area contributed by atoms with Crippen molar-refractivity contribution in [2.24, 2.45) is 0 Å². The van der Waals surface area contributed by atoms with Crippen molar-refractivity contribution in [3.05, 3.63) is 74.4 Å². The molecule has 1 aliphatic rings. The first-order chi connectivity index (χ1) is 17.6. The number of aromatic nitrogens is 1. The molecule has 1 saturated heterocycles. The molecule has 1 aliphatic heterocycles. The average Bonchev–Trinajstić information content (AvgIpc) is 3.30. The second kappa shape index (κ2) is 10.4. The summed E-state index contributed by atoms with van der Waals surface area (Å²) in [5.41, 5.74) is 5.47. The third-order valence-electron chi connectivity index (χ3n) is 6.52. The van der Waals surface area contributed by atoms with Gasteiger partial charge in [-0.15, -0.1) is 11.3 Å². The summed E-state index contributed by atoms with van der Waals surface area (Å²) < 4.78 is 7.30. The van der Waals surface area contributed by atoms with Crippen LogP contribution in [0.15, 0.2) is 35.9 Å². The van der Waals surface area contributed by atoms with E-state index in [9.17, 15) is 14.4 Å². The maximum absolute atomic E-state index is 13.5. The molecule has 0 unspecified atom stereocenters. The number of aryl methyl sites for hydroxylation is 3. The summed E-state index contributed by atoms with van der Waals surface area (Å²) in [4.78, 5) is 41.5. The topological polar surface area (TPSA) is 80.6 Å². The number of carbonyl (C=O) groups is 3. The molecule has 0 saturated carbocycles. The molecule has 192 valence electrons. The van der Waals surface area contributed by atoms with Gasteiger partial charge in [0.25, 0.3) is 11.8 Å². The zero-order chi connectivity index (χ0) is 27.0. The molecule has 0 atom stereocenters. The van der Waals surface area contributed by atoms with Crippen LogP contribution < -0.4 is 10.2 Å². The van der Waals surface area contributed by atoms with Crippen LogP contribution >= 0.6 is 23.6 Å². The van der Waals surface area contributed by atoms with E-state index in [2.05, 4.69) is 12.2 Å². The van der Waals surface area contributed by atoms with Crippen molar-refractivity contribution >= 4 is 58.2 Å². The molecule has 4 rings (SSSR count). The molecule has 7 nitrogen and oxygen atoms in total. The van der Waals surface area contributed by atoms with Crippen LogP contribution in [0.4, 0.5) is 5.69 Å². The third-order valence-corrected chi connectivity index (χ3v) is 8.00. The van der Waals surface area contributed by atoms with Crippen LogP contribution in [0.5, 0.6) is 0 Å². The molecule has 2 amide bonds. The van der Waals surface area contributed by atoms with E-state index < -0.39 is 11.8 Å². The fourth-order valence-corrected chi connectivity index (χ4v) is 5.92. The SMILES string of the molecule is CCOC(=O)c1c(-n2c(C)cc(/C=C3\C(=O)NC(=S)N(c4ccc(CC)cc4)C3=O)c2C)sc(C)c1C. The van der Waals surface area contributed by atoms with Crippen molar-refractivity contribution in [3.8, 4) is 5.00 Å². The number of esters is 1. The number of nitrogens with one attached hydrogen (secondary N) is 1. The fraction of sp³-hybridized carbons (Fsp3) is 0.286. The van der Waals surface area contributed by atoms with Crippen molar-refractivity contribution in [2.45, 2.75) is 48.0 Å². The summed E-state index contributed by atoms with van der Waals surface area (Å²) in [6, 6.07) is 9.41. The normalized spacial score (nSPS) is 14.9. The second-order valence-corrected chi connectivity index (χ2v) is 10.4. The molecule has 0 aliphatic carbocycles. The highest BCUT2D eigenvalue weighted by atomic mass is 32.1. The third kappa shape index (κ3) is 4.76. The predicted octanol–water partition coefficient (Wildman–Crippen LogP) is 5.34. The molecule has 9 heteroatoms. The quantitative estimate of drug-likeness (QED) is 0.199. The standard InChI is InChI=1S/C28H29N3O4S2/c1-7-19-9-11-21(12-10-19)31-25(33)22(24(32)29-28(31)36)14-20-13-15(3)30(17(20)5)26-23(27(34)35-8-2)16(4)18(6)37-26/h9-14H,7-8H2,1-6H3,(H,29,32,36)/b22-14+. The molecular weight excluding hydrogens is 506 g/mol. The first-order valence-corrected chi connectivity index (χ1v) is 13.3. The van der Waals surface area contributed by atoms with E-state index in [-0.39, 0.29) is 23.3 Å². The van der Waals surface area contributed by atoms with Gasteiger partial charge in [0.1, 0.15) is 10.6 Å². The maximum Gasteiger partial charge on any atom is 0.341 e. The average molecular weight is 536 g/mol. The number of anilines is 1. The number of amides is 2. The summed E-state index contributed by atoms with van der Waals surface area (Å²) in [7, 11) is 0. The van der Waals surface area contributed by atoms with E-state index in [0.29, 0.717) is 16.8 Å². The Balaban J connectivity index is 1.78.